The molecule has 1 aromatic carbocycles. The van der Waals surface area contributed by atoms with Gasteiger partial charge >= 0.3 is 0 Å². The third kappa shape index (κ3) is 2.97. The Kier molecular flexibility index (Phi) is 4.26. The van der Waals surface area contributed by atoms with Crippen LogP contribution in [0.1, 0.15) is 23.2 Å². The van der Waals surface area contributed by atoms with Crippen LogP contribution in [0.3, 0.4) is 0 Å². The Morgan fingerprint density at radius 1 is 1.14 bits per heavy atom. The van der Waals surface area contributed by atoms with E-state index in [1.165, 1.54) is 0 Å². The van der Waals surface area contributed by atoms with Crippen molar-refractivity contribution in [1.82, 2.24) is 10.2 Å². The number of halogens is 3. The summed E-state index contributed by atoms with van der Waals surface area (Å²) in [5.74, 6) is -1.01. The van der Waals surface area contributed by atoms with Crippen LogP contribution < -0.4 is 5.32 Å². The van der Waals surface area contributed by atoms with Crippen molar-refractivity contribution in [2.45, 2.75) is 12.8 Å². The summed E-state index contributed by atoms with van der Waals surface area (Å²) in [6, 6.07) is 2.26. The second kappa shape index (κ2) is 6.01. The third-order valence-corrected chi connectivity index (χ3v) is 4.99. The average Bonchev–Trinajstić information content (AvgIpc) is 2.76. The summed E-state index contributed by atoms with van der Waals surface area (Å²) in [5, 5.41) is 3.36. The maximum atomic E-state index is 13.9. The van der Waals surface area contributed by atoms with Gasteiger partial charge in [-0.15, -0.1) is 0 Å². The highest BCUT2D eigenvalue weighted by atomic mass is 79.9. The normalized spacial score (nSPS) is 25.6. The molecule has 2 saturated heterocycles. The van der Waals surface area contributed by atoms with E-state index in [0.717, 1.165) is 38.1 Å². The smallest absolute Gasteiger partial charge is 0.259 e. The van der Waals surface area contributed by atoms with Crippen molar-refractivity contribution in [3.8, 4) is 0 Å². The molecule has 2 fully saturated rings. The molecular weight excluding hydrogens is 342 g/mol. The second-order valence-corrected chi connectivity index (χ2v) is 6.71. The number of rotatable bonds is 1. The molecule has 2 aliphatic rings. The largest absolute Gasteiger partial charge is 0.338 e. The molecule has 1 aromatic rings. The lowest BCUT2D eigenvalue weighted by Gasteiger charge is -2.21. The highest BCUT2D eigenvalue weighted by molar-refractivity contribution is 9.10. The summed E-state index contributed by atoms with van der Waals surface area (Å²) in [7, 11) is 0. The molecule has 0 aliphatic carbocycles. The van der Waals surface area contributed by atoms with Gasteiger partial charge < -0.3 is 10.2 Å². The van der Waals surface area contributed by atoms with Crippen molar-refractivity contribution in [2.24, 2.45) is 11.8 Å². The van der Waals surface area contributed by atoms with Crippen LogP contribution in [0.2, 0.25) is 0 Å². The molecule has 0 bridgehead atoms. The van der Waals surface area contributed by atoms with Gasteiger partial charge in [0.25, 0.3) is 5.91 Å². The van der Waals surface area contributed by atoms with Gasteiger partial charge in [0.15, 0.2) is 0 Å². The molecule has 0 aromatic heterocycles. The van der Waals surface area contributed by atoms with Gasteiger partial charge in [0.2, 0.25) is 0 Å². The number of nitrogens with one attached hydrogen (secondary N) is 1. The topological polar surface area (TPSA) is 32.3 Å². The first kappa shape index (κ1) is 14.9. The molecule has 6 heteroatoms. The number of fused-ring (bicyclic) bond motifs is 1. The first-order valence-electron chi connectivity index (χ1n) is 7.21. The van der Waals surface area contributed by atoms with Crippen LogP contribution in [-0.4, -0.2) is 37.0 Å². The number of carbonyl (C=O) groups is 1. The minimum Gasteiger partial charge on any atom is -0.338 e. The maximum absolute atomic E-state index is 13.9. The maximum Gasteiger partial charge on any atom is 0.259 e. The van der Waals surface area contributed by atoms with Crippen molar-refractivity contribution >= 4 is 21.8 Å². The van der Waals surface area contributed by atoms with E-state index in [1.807, 2.05) is 0 Å². The Morgan fingerprint density at radius 2 is 1.67 bits per heavy atom. The zero-order valence-electron chi connectivity index (χ0n) is 11.5. The van der Waals surface area contributed by atoms with Crippen LogP contribution in [0.15, 0.2) is 16.6 Å². The molecule has 0 spiro atoms. The Bertz CT molecular complexity index is 530. The monoisotopic (exact) mass is 358 g/mol. The predicted octanol–water partition coefficient (Wildman–Crippen LogP) is 2.80. The first-order chi connectivity index (χ1) is 10.1. The quantitative estimate of drug-likeness (QED) is 0.837. The van der Waals surface area contributed by atoms with Crippen LogP contribution in [0.5, 0.6) is 0 Å². The molecule has 1 N–H and O–H groups in total. The lowest BCUT2D eigenvalue weighted by molar-refractivity contribution is 0.0748. The lowest BCUT2D eigenvalue weighted by Crippen LogP contribution is -2.34. The minimum atomic E-state index is -0.807. The fourth-order valence-electron chi connectivity index (χ4n) is 3.33. The number of hydrogen-bond acceptors (Lipinski definition) is 2. The number of carbonyl (C=O) groups excluding carboxylic acids is 1. The van der Waals surface area contributed by atoms with Crippen LogP contribution >= 0.6 is 15.9 Å². The molecule has 21 heavy (non-hydrogen) atoms. The van der Waals surface area contributed by atoms with Crippen molar-refractivity contribution in [3.63, 3.8) is 0 Å². The van der Waals surface area contributed by atoms with E-state index in [4.69, 9.17) is 0 Å². The van der Waals surface area contributed by atoms with Crippen molar-refractivity contribution in [3.05, 3.63) is 33.8 Å². The molecule has 2 atom stereocenters. The summed E-state index contributed by atoms with van der Waals surface area (Å²) in [5.41, 5.74) is -0.441. The molecule has 0 radical (unpaired) electrons. The van der Waals surface area contributed by atoms with Crippen molar-refractivity contribution in [1.29, 1.82) is 0 Å². The molecule has 114 valence electrons. The van der Waals surface area contributed by atoms with Gasteiger partial charge in [0.1, 0.15) is 17.2 Å². The van der Waals surface area contributed by atoms with Crippen molar-refractivity contribution < 1.29 is 13.6 Å². The van der Waals surface area contributed by atoms with E-state index in [9.17, 15) is 13.6 Å². The van der Waals surface area contributed by atoms with Crippen LogP contribution in [0.25, 0.3) is 0 Å². The number of nitrogens with zero attached hydrogens (tertiary/aromatic N) is 1. The first-order valence-corrected chi connectivity index (χ1v) is 8.00. The van der Waals surface area contributed by atoms with Gasteiger partial charge in [-0.2, -0.15) is 0 Å². The number of hydrogen-bond donors (Lipinski definition) is 1. The Balaban J connectivity index is 1.79. The standard InChI is InChI=1S/C15H17BrF2N2O/c16-11-5-12(17)14(13(18)6-11)15(21)20-3-1-9-7-19-8-10(9)2-4-20/h5-6,9-10,19H,1-4,7-8H2/t9-,10+. The molecule has 2 heterocycles. The van der Waals surface area contributed by atoms with Gasteiger partial charge in [-0.1, -0.05) is 15.9 Å². The minimum absolute atomic E-state index is 0.297. The van der Waals surface area contributed by atoms with Gasteiger partial charge in [-0.3, -0.25) is 4.79 Å². The number of benzene rings is 1. The van der Waals surface area contributed by atoms with Crippen LogP contribution in [-0.2, 0) is 0 Å². The second-order valence-electron chi connectivity index (χ2n) is 5.79. The third-order valence-electron chi connectivity index (χ3n) is 4.53. The molecule has 1 amide bonds. The number of likely N-dealkylation sites (tertiary alicyclic amines) is 1. The van der Waals surface area contributed by atoms with Crippen LogP contribution in [0.4, 0.5) is 8.78 Å². The van der Waals surface area contributed by atoms with Gasteiger partial charge in [-0.05, 0) is 49.9 Å². The Hall–Kier alpha value is -1.01. The highest BCUT2D eigenvalue weighted by Gasteiger charge is 2.33. The Labute approximate surface area is 130 Å². The van der Waals surface area contributed by atoms with E-state index in [2.05, 4.69) is 21.2 Å². The number of amides is 1. The van der Waals surface area contributed by atoms with Crippen molar-refractivity contribution in [2.75, 3.05) is 26.2 Å². The van der Waals surface area contributed by atoms with Gasteiger partial charge in [0.05, 0.1) is 0 Å². The summed E-state index contributed by atoms with van der Waals surface area (Å²) in [4.78, 5) is 14.0. The Morgan fingerprint density at radius 3 is 2.19 bits per heavy atom. The molecule has 0 saturated carbocycles. The van der Waals surface area contributed by atoms with Gasteiger partial charge in [-0.25, -0.2) is 8.78 Å². The van der Waals surface area contributed by atoms with E-state index >= 15 is 0 Å². The molecule has 3 rings (SSSR count). The molecule has 0 unspecified atom stereocenters. The van der Waals surface area contributed by atoms with Crippen LogP contribution in [0, 0.1) is 23.5 Å². The lowest BCUT2D eigenvalue weighted by atomic mass is 9.92. The fraction of sp³-hybridized carbons (Fsp3) is 0.533. The SMILES string of the molecule is O=C(c1c(F)cc(Br)cc1F)N1CC[C@@H]2CNC[C@@H]2CC1. The van der Waals surface area contributed by atoms with E-state index in [1.54, 1.807) is 4.90 Å². The van der Waals surface area contributed by atoms with E-state index in [-0.39, 0.29) is 0 Å². The molecule has 2 aliphatic heterocycles. The van der Waals surface area contributed by atoms with E-state index in [0.29, 0.717) is 29.4 Å². The fourth-order valence-corrected chi connectivity index (χ4v) is 3.73. The highest BCUT2D eigenvalue weighted by Crippen LogP contribution is 2.28. The summed E-state index contributed by atoms with van der Waals surface area (Å²) >= 11 is 3.03. The average molecular weight is 359 g/mol. The predicted molar refractivity (Wildman–Crippen MR) is 79.0 cm³/mol. The van der Waals surface area contributed by atoms with E-state index < -0.39 is 23.1 Å². The molecular formula is C15H17BrF2N2O. The zero-order valence-corrected chi connectivity index (χ0v) is 13.1. The summed E-state index contributed by atoms with van der Waals surface area (Å²) in [6.07, 6.45) is 1.78. The molecule has 3 nitrogen and oxygen atoms in total. The summed E-state index contributed by atoms with van der Waals surface area (Å²) < 4.78 is 28.1. The zero-order chi connectivity index (χ0) is 15.0. The summed E-state index contributed by atoms with van der Waals surface area (Å²) in [6.45, 7) is 3.09. The van der Waals surface area contributed by atoms with Gasteiger partial charge in [0, 0.05) is 17.6 Å².